The molecule has 1 heterocycles. The van der Waals surface area contributed by atoms with E-state index in [1.807, 2.05) is 36.6 Å². The van der Waals surface area contributed by atoms with Crippen LogP contribution in [0.4, 0.5) is 0 Å². The molecule has 1 aromatic carbocycles. The molecule has 1 N–H and O–H groups in total. The molecule has 21 heavy (non-hydrogen) atoms. The van der Waals surface area contributed by atoms with Gasteiger partial charge in [-0.2, -0.15) is 0 Å². The van der Waals surface area contributed by atoms with Gasteiger partial charge in [0.1, 0.15) is 0 Å². The highest BCUT2D eigenvalue weighted by Gasteiger charge is 2.18. The van der Waals surface area contributed by atoms with Crippen LogP contribution in [0.25, 0.3) is 11.4 Å². The molecule has 2 aromatic rings. The predicted octanol–water partition coefficient (Wildman–Crippen LogP) is 3.96. The largest absolute Gasteiger partial charge is 0.481 e. The normalized spacial score (nSPS) is 11.1. The minimum Gasteiger partial charge on any atom is -0.481 e. The zero-order chi connectivity index (χ0) is 15.6. The summed E-state index contributed by atoms with van der Waals surface area (Å²) in [6.07, 6.45) is 0. The lowest BCUT2D eigenvalue weighted by molar-refractivity contribution is -0.133. The fourth-order valence-electron chi connectivity index (χ4n) is 1.80. The van der Waals surface area contributed by atoms with E-state index in [1.165, 1.54) is 0 Å². The van der Waals surface area contributed by atoms with Crippen LogP contribution in [0.15, 0.2) is 23.4 Å². The number of rotatable bonds is 5. The van der Waals surface area contributed by atoms with Gasteiger partial charge in [-0.25, -0.2) is 0 Å². The molecule has 8 heteroatoms. The van der Waals surface area contributed by atoms with Gasteiger partial charge in [-0.3, -0.25) is 9.36 Å². The Hall–Kier alpha value is -0.800. The summed E-state index contributed by atoms with van der Waals surface area (Å²) in [7, 11) is 0. The number of carboxylic acids is 1. The lowest BCUT2D eigenvalue weighted by Crippen LogP contribution is -2.07. The maximum absolute atomic E-state index is 10.7. The molecular formula is C13H13ClIN3O2S. The molecule has 0 fully saturated rings. The third-order valence-electron chi connectivity index (χ3n) is 2.68. The molecule has 5 nitrogen and oxygen atoms in total. The molecule has 0 spiro atoms. The maximum Gasteiger partial charge on any atom is 0.313 e. The Bertz CT molecular complexity index is 675. The van der Waals surface area contributed by atoms with E-state index in [9.17, 15) is 4.79 Å². The Morgan fingerprint density at radius 2 is 2.19 bits per heavy atom. The molecule has 0 saturated carbocycles. The predicted molar refractivity (Wildman–Crippen MR) is 91.9 cm³/mol. The van der Waals surface area contributed by atoms with Crippen molar-refractivity contribution in [1.82, 2.24) is 14.8 Å². The van der Waals surface area contributed by atoms with Crippen LogP contribution in [0.3, 0.4) is 0 Å². The summed E-state index contributed by atoms with van der Waals surface area (Å²) in [6.45, 7) is 4.01. The SMILES string of the molecule is CC(C)n1c(SCC(=O)O)nnc1-c1ccc(I)c(Cl)c1. The molecule has 0 unspecified atom stereocenters. The van der Waals surface area contributed by atoms with E-state index in [1.54, 1.807) is 0 Å². The molecule has 0 aliphatic carbocycles. The average molecular weight is 438 g/mol. The quantitative estimate of drug-likeness (QED) is 0.566. The minimum absolute atomic E-state index is 0.0434. The first kappa shape index (κ1) is 16.6. The number of carbonyl (C=O) groups is 1. The van der Waals surface area contributed by atoms with Crippen molar-refractivity contribution < 1.29 is 9.90 Å². The van der Waals surface area contributed by atoms with E-state index >= 15 is 0 Å². The van der Waals surface area contributed by atoms with Crippen LogP contribution in [0.2, 0.25) is 5.02 Å². The van der Waals surface area contributed by atoms with Crippen LogP contribution < -0.4 is 0 Å². The summed E-state index contributed by atoms with van der Waals surface area (Å²) in [5.41, 5.74) is 0.865. The van der Waals surface area contributed by atoms with Crippen molar-refractivity contribution in [2.75, 3.05) is 5.75 Å². The van der Waals surface area contributed by atoms with Crippen LogP contribution in [0.5, 0.6) is 0 Å². The number of benzene rings is 1. The van der Waals surface area contributed by atoms with Gasteiger partial charge in [0.15, 0.2) is 11.0 Å². The second-order valence-corrected chi connectivity index (χ2v) is 7.09. The monoisotopic (exact) mass is 437 g/mol. The third-order valence-corrected chi connectivity index (χ3v) is 5.18. The van der Waals surface area contributed by atoms with Crippen molar-refractivity contribution in [1.29, 1.82) is 0 Å². The highest BCUT2D eigenvalue weighted by atomic mass is 127. The van der Waals surface area contributed by atoms with Crippen LogP contribution >= 0.6 is 46.0 Å². The van der Waals surface area contributed by atoms with Gasteiger partial charge in [-0.05, 0) is 48.6 Å². The Morgan fingerprint density at radius 1 is 1.48 bits per heavy atom. The molecule has 0 atom stereocenters. The number of hydrogen-bond donors (Lipinski definition) is 1. The van der Waals surface area contributed by atoms with Crippen LogP contribution in [0, 0.1) is 3.57 Å². The zero-order valence-electron chi connectivity index (χ0n) is 11.4. The first-order valence-corrected chi connectivity index (χ1v) is 8.59. The second-order valence-electron chi connectivity index (χ2n) is 4.58. The Kier molecular flexibility index (Phi) is 5.50. The Balaban J connectivity index is 2.43. The van der Waals surface area contributed by atoms with Gasteiger partial charge in [0.05, 0.1) is 10.8 Å². The number of halogens is 2. The van der Waals surface area contributed by atoms with Crippen molar-refractivity contribution >= 4 is 51.9 Å². The number of aromatic nitrogens is 3. The molecule has 0 amide bonds. The summed E-state index contributed by atoms with van der Waals surface area (Å²) in [6, 6.07) is 5.81. The topological polar surface area (TPSA) is 68.0 Å². The molecule has 0 radical (unpaired) electrons. The van der Waals surface area contributed by atoms with Crippen molar-refractivity contribution in [2.24, 2.45) is 0 Å². The van der Waals surface area contributed by atoms with Gasteiger partial charge >= 0.3 is 5.97 Å². The lowest BCUT2D eigenvalue weighted by atomic mass is 10.2. The third kappa shape index (κ3) is 3.89. The maximum atomic E-state index is 10.7. The van der Waals surface area contributed by atoms with E-state index in [0.29, 0.717) is 16.0 Å². The van der Waals surface area contributed by atoms with E-state index in [0.717, 1.165) is 20.9 Å². The first-order chi connectivity index (χ1) is 9.90. The minimum atomic E-state index is -0.878. The number of carboxylic acid groups (broad SMARTS) is 1. The smallest absolute Gasteiger partial charge is 0.313 e. The Morgan fingerprint density at radius 3 is 2.76 bits per heavy atom. The standard InChI is InChI=1S/C13H13ClIN3O2S/c1-7(2)18-12(8-3-4-10(15)9(14)5-8)16-17-13(18)21-6-11(19)20/h3-5,7H,6H2,1-2H3,(H,19,20). The molecule has 112 valence electrons. The summed E-state index contributed by atoms with van der Waals surface area (Å²) in [5, 5.41) is 18.4. The molecule has 1 aromatic heterocycles. The van der Waals surface area contributed by atoms with Gasteiger partial charge in [-0.15, -0.1) is 10.2 Å². The van der Waals surface area contributed by atoms with Crippen LogP contribution in [-0.2, 0) is 4.79 Å². The van der Waals surface area contributed by atoms with E-state index in [-0.39, 0.29) is 11.8 Å². The van der Waals surface area contributed by atoms with Crippen molar-refractivity contribution in [3.05, 3.63) is 26.8 Å². The molecule has 2 rings (SSSR count). The number of thioether (sulfide) groups is 1. The fraction of sp³-hybridized carbons (Fsp3) is 0.308. The van der Waals surface area contributed by atoms with Crippen molar-refractivity contribution in [2.45, 2.75) is 25.0 Å². The van der Waals surface area contributed by atoms with Gasteiger partial charge in [0.25, 0.3) is 0 Å². The molecule has 0 saturated heterocycles. The number of aliphatic carboxylic acids is 1. The van der Waals surface area contributed by atoms with Gasteiger partial charge in [0, 0.05) is 15.2 Å². The summed E-state index contributed by atoms with van der Waals surface area (Å²) in [5.74, 6) is -0.230. The fourth-order valence-corrected chi connectivity index (χ4v) is 3.10. The van der Waals surface area contributed by atoms with Gasteiger partial charge in [-0.1, -0.05) is 29.4 Å². The first-order valence-electron chi connectivity index (χ1n) is 6.15. The van der Waals surface area contributed by atoms with Crippen molar-refractivity contribution in [3.8, 4) is 11.4 Å². The van der Waals surface area contributed by atoms with Gasteiger partial charge in [0.2, 0.25) is 0 Å². The van der Waals surface area contributed by atoms with Crippen molar-refractivity contribution in [3.63, 3.8) is 0 Å². The summed E-state index contributed by atoms with van der Waals surface area (Å²) < 4.78 is 2.89. The van der Waals surface area contributed by atoms with Gasteiger partial charge < -0.3 is 5.11 Å². The number of hydrogen-bond acceptors (Lipinski definition) is 4. The highest BCUT2D eigenvalue weighted by molar-refractivity contribution is 14.1. The molecule has 0 bridgehead atoms. The Labute approximate surface area is 145 Å². The van der Waals surface area contributed by atoms with E-state index < -0.39 is 5.97 Å². The van der Waals surface area contributed by atoms with E-state index in [4.69, 9.17) is 16.7 Å². The summed E-state index contributed by atoms with van der Waals surface area (Å²) in [4.78, 5) is 10.7. The molecule has 0 aliphatic rings. The van der Waals surface area contributed by atoms with Crippen LogP contribution in [0.1, 0.15) is 19.9 Å². The molecule has 0 aliphatic heterocycles. The highest BCUT2D eigenvalue weighted by Crippen LogP contribution is 2.30. The average Bonchev–Trinajstić information content (AvgIpc) is 2.83. The lowest BCUT2D eigenvalue weighted by Gasteiger charge is -2.13. The summed E-state index contributed by atoms with van der Waals surface area (Å²) >= 11 is 9.48. The van der Waals surface area contributed by atoms with Crippen LogP contribution in [-0.4, -0.2) is 31.6 Å². The zero-order valence-corrected chi connectivity index (χ0v) is 15.1. The second kappa shape index (κ2) is 6.97. The van der Waals surface area contributed by atoms with E-state index in [2.05, 4.69) is 32.8 Å². The molecular weight excluding hydrogens is 425 g/mol. The number of nitrogens with zero attached hydrogens (tertiary/aromatic N) is 3.